The van der Waals surface area contributed by atoms with Crippen LogP contribution in [0.4, 0.5) is 10.1 Å². The largest absolute Gasteiger partial charge is 0.323 e. The monoisotopic (exact) mass is 263 g/mol. The van der Waals surface area contributed by atoms with Crippen molar-refractivity contribution < 1.29 is 9.18 Å². The van der Waals surface area contributed by atoms with Gasteiger partial charge in [-0.15, -0.1) is 0 Å². The third-order valence-corrected chi connectivity index (χ3v) is 4.09. The van der Waals surface area contributed by atoms with E-state index in [0.29, 0.717) is 24.4 Å². The van der Waals surface area contributed by atoms with Crippen molar-refractivity contribution in [2.24, 2.45) is 5.92 Å². The van der Waals surface area contributed by atoms with Crippen molar-refractivity contribution in [3.05, 3.63) is 24.3 Å². The predicted octanol–water partition coefficient (Wildman–Crippen LogP) is 2.08. The van der Waals surface area contributed by atoms with Crippen LogP contribution >= 0.6 is 0 Å². The zero-order chi connectivity index (χ0) is 13.2. The second kappa shape index (κ2) is 5.25. The summed E-state index contributed by atoms with van der Waals surface area (Å²) in [5, 5.41) is 6.19. The predicted molar refractivity (Wildman–Crippen MR) is 70.1 cm³/mol. The fourth-order valence-corrected chi connectivity index (χ4v) is 3.28. The zero-order valence-electron chi connectivity index (χ0n) is 10.7. The molecule has 2 saturated heterocycles. The summed E-state index contributed by atoms with van der Waals surface area (Å²) < 4.78 is 13.4. The Morgan fingerprint density at radius 2 is 2.16 bits per heavy atom. The Hall–Kier alpha value is -1.49. The van der Waals surface area contributed by atoms with Gasteiger partial charge in [-0.1, -0.05) is 0 Å². The molecule has 2 atom stereocenters. The molecule has 1 aromatic heterocycles. The van der Waals surface area contributed by atoms with Crippen LogP contribution in [0.2, 0.25) is 0 Å². The maximum atomic E-state index is 13.4. The number of carbonyl (C=O) groups excluding carboxylic acids is 1. The fraction of sp³-hybridized carbons (Fsp3) is 0.571. The number of halogens is 1. The van der Waals surface area contributed by atoms with Crippen LogP contribution in [0.1, 0.15) is 32.1 Å². The quantitative estimate of drug-likeness (QED) is 0.878. The molecule has 4 nitrogen and oxygen atoms in total. The summed E-state index contributed by atoms with van der Waals surface area (Å²) in [6, 6.07) is 2.64. The Morgan fingerprint density at radius 3 is 2.84 bits per heavy atom. The molecule has 5 heteroatoms. The Balaban J connectivity index is 1.56. The van der Waals surface area contributed by atoms with Crippen LogP contribution < -0.4 is 10.6 Å². The molecule has 0 spiro atoms. The smallest absolute Gasteiger partial charge is 0.224 e. The van der Waals surface area contributed by atoms with Gasteiger partial charge in [-0.05, 0) is 37.7 Å². The molecule has 3 heterocycles. The van der Waals surface area contributed by atoms with Crippen molar-refractivity contribution in [3.8, 4) is 0 Å². The summed E-state index contributed by atoms with van der Waals surface area (Å²) in [4.78, 5) is 15.6. The Bertz CT molecular complexity index is 468. The zero-order valence-corrected chi connectivity index (χ0v) is 10.7. The molecule has 1 aromatic rings. The van der Waals surface area contributed by atoms with Crippen LogP contribution in [0.25, 0.3) is 0 Å². The van der Waals surface area contributed by atoms with Gasteiger partial charge in [-0.3, -0.25) is 9.78 Å². The highest BCUT2D eigenvalue weighted by atomic mass is 19.1. The van der Waals surface area contributed by atoms with Crippen molar-refractivity contribution in [1.82, 2.24) is 10.3 Å². The van der Waals surface area contributed by atoms with Gasteiger partial charge >= 0.3 is 0 Å². The van der Waals surface area contributed by atoms with E-state index >= 15 is 0 Å². The Morgan fingerprint density at radius 1 is 1.42 bits per heavy atom. The Kier molecular flexibility index (Phi) is 3.46. The molecule has 2 N–H and O–H groups in total. The number of pyridine rings is 1. The molecule has 1 amide bonds. The van der Waals surface area contributed by atoms with Gasteiger partial charge in [0.2, 0.25) is 5.91 Å². The molecule has 3 rings (SSSR count). The van der Waals surface area contributed by atoms with Crippen LogP contribution in [0, 0.1) is 11.7 Å². The average molecular weight is 263 g/mol. The lowest BCUT2D eigenvalue weighted by atomic mass is 9.89. The highest BCUT2D eigenvalue weighted by Gasteiger charge is 2.34. The lowest BCUT2D eigenvalue weighted by Crippen LogP contribution is -2.39. The number of aromatic nitrogens is 1. The SMILES string of the molecule is O=C(CC1CC2CCC(C1)N2)Nc1ccncc1F. The summed E-state index contributed by atoms with van der Waals surface area (Å²) in [6.45, 7) is 0. The van der Waals surface area contributed by atoms with E-state index in [1.54, 1.807) is 0 Å². The van der Waals surface area contributed by atoms with Crippen LogP contribution in [0.3, 0.4) is 0 Å². The van der Waals surface area contributed by atoms with Crippen molar-refractivity contribution in [1.29, 1.82) is 0 Å². The van der Waals surface area contributed by atoms with E-state index in [1.807, 2.05) is 0 Å². The fourth-order valence-electron chi connectivity index (χ4n) is 3.28. The van der Waals surface area contributed by atoms with Crippen molar-refractivity contribution >= 4 is 11.6 Å². The minimum absolute atomic E-state index is 0.101. The van der Waals surface area contributed by atoms with E-state index in [-0.39, 0.29) is 11.6 Å². The van der Waals surface area contributed by atoms with E-state index < -0.39 is 5.82 Å². The minimum atomic E-state index is -0.485. The number of rotatable bonds is 3. The van der Waals surface area contributed by atoms with Gasteiger partial charge in [0.25, 0.3) is 0 Å². The number of carbonyl (C=O) groups is 1. The van der Waals surface area contributed by atoms with Gasteiger partial charge in [-0.25, -0.2) is 4.39 Å². The molecule has 2 bridgehead atoms. The average Bonchev–Trinajstić information content (AvgIpc) is 2.72. The topological polar surface area (TPSA) is 54.0 Å². The van der Waals surface area contributed by atoms with Gasteiger partial charge in [-0.2, -0.15) is 0 Å². The normalized spacial score (nSPS) is 29.2. The first-order chi connectivity index (χ1) is 9.20. The summed E-state index contributed by atoms with van der Waals surface area (Å²) in [5.74, 6) is -0.165. The van der Waals surface area contributed by atoms with E-state index in [9.17, 15) is 9.18 Å². The molecule has 19 heavy (non-hydrogen) atoms. The first-order valence-electron chi connectivity index (χ1n) is 6.86. The number of hydrogen-bond acceptors (Lipinski definition) is 3. The number of piperidine rings is 1. The lowest BCUT2D eigenvalue weighted by molar-refractivity contribution is -0.117. The summed E-state index contributed by atoms with van der Waals surface area (Å²) in [6.07, 6.45) is 7.63. The molecule has 2 aliphatic heterocycles. The molecule has 2 aliphatic rings. The maximum absolute atomic E-state index is 13.4. The Labute approximate surface area is 111 Å². The molecule has 0 aromatic carbocycles. The van der Waals surface area contributed by atoms with Gasteiger partial charge in [0.05, 0.1) is 11.9 Å². The van der Waals surface area contributed by atoms with E-state index in [4.69, 9.17) is 0 Å². The van der Waals surface area contributed by atoms with Gasteiger partial charge in [0, 0.05) is 24.7 Å². The van der Waals surface area contributed by atoms with Crippen LogP contribution in [-0.2, 0) is 4.79 Å². The van der Waals surface area contributed by atoms with E-state index in [0.717, 1.165) is 19.0 Å². The first kappa shape index (κ1) is 12.5. The molecular formula is C14H18FN3O. The lowest BCUT2D eigenvalue weighted by Gasteiger charge is -2.28. The number of anilines is 1. The van der Waals surface area contributed by atoms with Crippen LogP contribution in [0.15, 0.2) is 18.5 Å². The summed E-state index contributed by atoms with van der Waals surface area (Å²) >= 11 is 0. The molecule has 0 saturated carbocycles. The molecule has 102 valence electrons. The highest BCUT2D eigenvalue weighted by Crippen LogP contribution is 2.32. The van der Waals surface area contributed by atoms with Crippen LogP contribution in [0.5, 0.6) is 0 Å². The van der Waals surface area contributed by atoms with Crippen molar-refractivity contribution in [2.45, 2.75) is 44.2 Å². The number of fused-ring (bicyclic) bond motifs is 2. The highest BCUT2D eigenvalue weighted by molar-refractivity contribution is 5.90. The van der Waals surface area contributed by atoms with Crippen molar-refractivity contribution in [3.63, 3.8) is 0 Å². The number of nitrogens with one attached hydrogen (secondary N) is 2. The first-order valence-corrected chi connectivity index (χ1v) is 6.86. The second-order valence-electron chi connectivity index (χ2n) is 5.58. The summed E-state index contributed by atoms with van der Waals surface area (Å²) in [7, 11) is 0. The molecule has 2 unspecified atom stereocenters. The van der Waals surface area contributed by atoms with Gasteiger partial charge in [0.1, 0.15) is 0 Å². The standard InChI is InChI=1S/C14H18FN3O/c15-12-8-16-4-3-13(12)18-14(19)7-9-5-10-1-2-11(6-9)17-10/h3-4,8-11,17H,1-2,5-7H2,(H,16,18,19). The third kappa shape index (κ3) is 2.92. The van der Waals surface area contributed by atoms with E-state index in [1.165, 1.54) is 25.1 Å². The van der Waals surface area contributed by atoms with Gasteiger partial charge < -0.3 is 10.6 Å². The molecule has 2 fully saturated rings. The molecule has 0 radical (unpaired) electrons. The van der Waals surface area contributed by atoms with Crippen LogP contribution in [-0.4, -0.2) is 23.0 Å². The number of amides is 1. The van der Waals surface area contributed by atoms with Crippen molar-refractivity contribution in [2.75, 3.05) is 5.32 Å². The van der Waals surface area contributed by atoms with E-state index in [2.05, 4.69) is 15.6 Å². The summed E-state index contributed by atoms with van der Waals surface area (Å²) in [5.41, 5.74) is 0.219. The minimum Gasteiger partial charge on any atom is -0.323 e. The van der Waals surface area contributed by atoms with Gasteiger partial charge in [0.15, 0.2) is 5.82 Å². The molecular weight excluding hydrogens is 245 g/mol. The number of nitrogens with zero attached hydrogens (tertiary/aromatic N) is 1. The number of hydrogen-bond donors (Lipinski definition) is 2. The second-order valence-corrected chi connectivity index (χ2v) is 5.58. The third-order valence-electron chi connectivity index (χ3n) is 4.09. The molecule has 0 aliphatic carbocycles. The maximum Gasteiger partial charge on any atom is 0.224 e.